The lowest BCUT2D eigenvalue weighted by Crippen LogP contribution is -2.25. The molecule has 1 heterocycles. The van der Waals surface area contributed by atoms with Gasteiger partial charge in [-0.25, -0.2) is 17.8 Å². The molecule has 0 unspecified atom stereocenters. The second-order valence-electron chi connectivity index (χ2n) is 5.99. The van der Waals surface area contributed by atoms with Crippen LogP contribution < -0.4 is 14.2 Å². The number of ether oxygens (including phenoxy) is 2. The predicted molar refractivity (Wildman–Crippen MR) is 104 cm³/mol. The van der Waals surface area contributed by atoms with Crippen LogP contribution in [0.15, 0.2) is 53.6 Å². The summed E-state index contributed by atoms with van der Waals surface area (Å²) in [6.45, 7) is -0.162. The molecule has 158 valence electrons. The molecular weight excluding hydrogens is 419 g/mol. The molecule has 0 aliphatic rings. The first-order valence-electron chi connectivity index (χ1n) is 8.45. The minimum Gasteiger partial charge on any atom is -0.497 e. The van der Waals surface area contributed by atoms with Gasteiger partial charge in [0.2, 0.25) is 16.0 Å². The number of hydrogen-bond acceptors (Lipinski definition) is 7. The highest BCUT2D eigenvalue weighted by Gasteiger charge is 2.24. The summed E-state index contributed by atoms with van der Waals surface area (Å²) in [6, 6.07) is 9.08. The highest BCUT2D eigenvalue weighted by Crippen LogP contribution is 2.27. The standard InChI is InChI=1S/C18H17FN4O6S/c1-28-14-5-3-12(16(10-14)29-2)11-20-30(26,27)17-9-13(23(24)25)4-6-15(17)22-8-7-18(19)21-22/h3-10,20H,11H2,1-2H3. The van der Waals surface area contributed by atoms with Crippen molar-refractivity contribution in [2.45, 2.75) is 11.4 Å². The number of rotatable bonds is 8. The fraction of sp³-hybridized carbons (Fsp3) is 0.167. The normalized spacial score (nSPS) is 11.3. The number of nitro benzene ring substituents is 1. The van der Waals surface area contributed by atoms with E-state index < -0.39 is 31.5 Å². The molecule has 0 saturated carbocycles. The van der Waals surface area contributed by atoms with Gasteiger partial charge >= 0.3 is 0 Å². The maximum atomic E-state index is 13.3. The van der Waals surface area contributed by atoms with Gasteiger partial charge in [-0.1, -0.05) is 6.07 Å². The first kappa shape index (κ1) is 21.2. The monoisotopic (exact) mass is 436 g/mol. The van der Waals surface area contributed by atoms with Crippen molar-refractivity contribution < 1.29 is 27.2 Å². The molecule has 0 saturated heterocycles. The highest BCUT2D eigenvalue weighted by atomic mass is 32.2. The predicted octanol–water partition coefficient (Wildman–Crippen LogP) is 2.42. The van der Waals surface area contributed by atoms with Crippen LogP contribution >= 0.6 is 0 Å². The van der Waals surface area contributed by atoms with Gasteiger partial charge in [-0.2, -0.15) is 4.39 Å². The van der Waals surface area contributed by atoms with Crippen LogP contribution in [0.3, 0.4) is 0 Å². The third-order valence-corrected chi connectivity index (χ3v) is 5.62. The Kier molecular flexibility index (Phi) is 5.99. The smallest absolute Gasteiger partial charge is 0.270 e. The van der Waals surface area contributed by atoms with E-state index >= 15 is 0 Å². The summed E-state index contributed by atoms with van der Waals surface area (Å²) >= 11 is 0. The summed E-state index contributed by atoms with van der Waals surface area (Å²) in [4.78, 5) is 9.99. The first-order chi connectivity index (χ1) is 14.2. The number of nitrogens with zero attached hydrogens (tertiary/aromatic N) is 3. The fourth-order valence-electron chi connectivity index (χ4n) is 2.71. The second-order valence-corrected chi connectivity index (χ2v) is 7.73. The molecule has 2 aromatic carbocycles. The largest absolute Gasteiger partial charge is 0.497 e. The Morgan fingerprint density at radius 3 is 2.53 bits per heavy atom. The maximum absolute atomic E-state index is 13.3. The molecule has 0 spiro atoms. The Bertz CT molecular complexity index is 1200. The van der Waals surface area contributed by atoms with E-state index in [4.69, 9.17) is 9.47 Å². The summed E-state index contributed by atoms with van der Waals surface area (Å²) in [5, 5.41) is 14.7. The molecule has 0 bridgehead atoms. The van der Waals surface area contributed by atoms with E-state index in [0.717, 1.165) is 22.9 Å². The molecule has 30 heavy (non-hydrogen) atoms. The Balaban J connectivity index is 1.99. The maximum Gasteiger partial charge on any atom is 0.270 e. The van der Waals surface area contributed by atoms with Crippen molar-refractivity contribution in [3.05, 3.63) is 70.3 Å². The van der Waals surface area contributed by atoms with Gasteiger partial charge in [0, 0.05) is 42.6 Å². The quantitative estimate of drug-likeness (QED) is 0.424. The third-order valence-electron chi connectivity index (χ3n) is 4.19. The molecule has 12 heteroatoms. The first-order valence-corrected chi connectivity index (χ1v) is 9.94. The van der Waals surface area contributed by atoms with Crippen LogP contribution in [0.5, 0.6) is 11.5 Å². The number of benzene rings is 2. The molecule has 10 nitrogen and oxygen atoms in total. The van der Waals surface area contributed by atoms with Crippen molar-refractivity contribution in [3.8, 4) is 17.2 Å². The SMILES string of the molecule is COc1ccc(CNS(=O)(=O)c2cc([N+](=O)[O-])ccc2-n2ccc(F)n2)c(OC)c1. The van der Waals surface area contributed by atoms with E-state index in [2.05, 4.69) is 9.82 Å². The van der Waals surface area contributed by atoms with Crippen LogP contribution in [0.2, 0.25) is 0 Å². The second kappa shape index (κ2) is 8.47. The van der Waals surface area contributed by atoms with Crippen LogP contribution in [0.1, 0.15) is 5.56 Å². The van der Waals surface area contributed by atoms with E-state index in [-0.39, 0.29) is 12.2 Å². The van der Waals surface area contributed by atoms with E-state index in [9.17, 15) is 22.9 Å². The molecule has 1 N–H and O–H groups in total. The van der Waals surface area contributed by atoms with Crippen LogP contribution in [-0.2, 0) is 16.6 Å². The number of aromatic nitrogens is 2. The van der Waals surface area contributed by atoms with Crippen molar-refractivity contribution in [3.63, 3.8) is 0 Å². The van der Waals surface area contributed by atoms with E-state index in [1.54, 1.807) is 18.2 Å². The van der Waals surface area contributed by atoms with Gasteiger partial charge in [0.15, 0.2) is 0 Å². The summed E-state index contributed by atoms with van der Waals surface area (Å²) in [5.74, 6) is 0.0956. The Morgan fingerprint density at radius 1 is 1.17 bits per heavy atom. The summed E-state index contributed by atoms with van der Waals surface area (Å²) < 4.78 is 53.0. The Labute approximate surface area is 171 Å². The van der Waals surface area contributed by atoms with Gasteiger partial charge < -0.3 is 9.47 Å². The van der Waals surface area contributed by atoms with Crippen molar-refractivity contribution in [2.24, 2.45) is 0 Å². The van der Waals surface area contributed by atoms with Crippen molar-refractivity contribution >= 4 is 15.7 Å². The number of hydrogen-bond donors (Lipinski definition) is 1. The summed E-state index contributed by atoms with van der Waals surface area (Å²) in [7, 11) is -1.34. The van der Waals surface area contributed by atoms with Crippen molar-refractivity contribution in [1.82, 2.24) is 14.5 Å². The van der Waals surface area contributed by atoms with Gasteiger partial charge in [-0.15, -0.1) is 5.10 Å². The third kappa shape index (κ3) is 4.39. The number of nitro groups is 1. The lowest BCUT2D eigenvalue weighted by atomic mass is 10.2. The summed E-state index contributed by atoms with van der Waals surface area (Å²) in [5.41, 5.74) is 0.0338. The Hall–Kier alpha value is -3.51. The van der Waals surface area contributed by atoms with E-state index in [1.807, 2.05) is 0 Å². The number of halogens is 1. The number of methoxy groups -OCH3 is 2. The molecule has 0 aliphatic heterocycles. The molecule has 0 radical (unpaired) electrons. The zero-order valence-corrected chi connectivity index (χ0v) is 16.7. The van der Waals surface area contributed by atoms with Crippen molar-refractivity contribution in [1.29, 1.82) is 0 Å². The fourth-order valence-corrected chi connectivity index (χ4v) is 3.92. The zero-order valence-electron chi connectivity index (χ0n) is 15.9. The number of sulfonamides is 1. The van der Waals surface area contributed by atoms with Crippen LogP contribution in [0.25, 0.3) is 5.69 Å². The molecule has 0 fully saturated rings. The van der Waals surface area contributed by atoms with Gasteiger partial charge in [-0.3, -0.25) is 10.1 Å². The topological polar surface area (TPSA) is 126 Å². The molecule has 3 aromatic rings. The Morgan fingerprint density at radius 2 is 1.93 bits per heavy atom. The molecular formula is C18H17FN4O6S. The summed E-state index contributed by atoms with van der Waals surface area (Å²) in [6.07, 6.45) is 1.21. The van der Waals surface area contributed by atoms with E-state index in [1.165, 1.54) is 26.5 Å². The molecule has 0 amide bonds. The van der Waals surface area contributed by atoms with Gasteiger partial charge in [0.05, 0.1) is 24.8 Å². The average Bonchev–Trinajstić information content (AvgIpc) is 3.17. The van der Waals surface area contributed by atoms with Gasteiger partial charge in [-0.05, 0) is 12.1 Å². The van der Waals surface area contributed by atoms with Crippen LogP contribution in [0.4, 0.5) is 10.1 Å². The van der Waals surface area contributed by atoms with Gasteiger partial charge in [0.1, 0.15) is 16.4 Å². The van der Waals surface area contributed by atoms with Crippen LogP contribution in [0, 0.1) is 16.1 Å². The minimum absolute atomic E-state index is 0.0429. The van der Waals surface area contributed by atoms with Crippen molar-refractivity contribution in [2.75, 3.05) is 14.2 Å². The molecule has 3 rings (SSSR count). The molecule has 1 aromatic heterocycles. The number of non-ortho nitro benzene ring substituents is 1. The zero-order chi connectivity index (χ0) is 21.9. The van der Waals surface area contributed by atoms with E-state index in [0.29, 0.717) is 17.1 Å². The average molecular weight is 436 g/mol. The minimum atomic E-state index is -4.25. The number of nitrogens with one attached hydrogen (secondary N) is 1. The lowest BCUT2D eigenvalue weighted by molar-refractivity contribution is -0.385. The highest BCUT2D eigenvalue weighted by molar-refractivity contribution is 7.89. The molecule has 0 atom stereocenters. The van der Waals surface area contributed by atoms with Crippen LogP contribution in [-0.4, -0.2) is 37.3 Å². The molecule has 0 aliphatic carbocycles. The van der Waals surface area contributed by atoms with Gasteiger partial charge in [0.25, 0.3) is 5.69 Å². The lowest BCUT2D eigenvalue weighted by Gasteiger charge is -2.14.